The second-order valence-electron chi connectivity index (χ2n) is 5.08. The van der Waals surface area contributed by atoms with E-state index in [2.05, 4.69) is 54.0 Å². The van der Waals surface area contributed by atoms with E-state index in [1.54, 1.807) is 0 Å². The van der Waals surface area contributed by atoms with Crippen LogP contribution in [0.5, 0.6) is 0 Å². The Morgan fingerprint density at radius 2 is 1.68 bits per heavy atom. The van der Waals surface area contributed by atoms with Crippen LogP contribution in [0.2, 0.25) is 0 Å². The van der Waals surface area contributed by atoms with E-state index in [1.165, 1.54) is 16.7 Å². The maximum Gasteiger partial charge on any atom is 0.0621 e. The first-order chi connectivity index (χ1) is 9.06. The van der Waals surface area contributed by atoms with Gasteiger partial charge in [-0.25, -0.2) is 0 Å². The van der Waals surface area contributed by atoms with Crippen LogP contribution in [0.4, 0.5) is 0 Å². The highest BCUT2D eigenvalue weighted by atomic mass is 79.9. The largest absolute Gasteiger partial charge is 0.392 e. The minimum atomic E-state index is -0.348. The summed E-state index contributed by atoms with van der Waals surface area (Å²) in [7, 11) is 0. The van der Waals surface area contributed by atoms with Gasteiger partial charge in [-0.2, -0.15) is 0 Å². The van der Waals surface area contributed by atoms with Gasteiger partial charge in [0.05, 0.1) is 6.10 Å². The molecule has 1 N–H and O–H groups in total. The molecule has 0 aliphatic heterocycles. The van der Waals surface area contributed by atoms with Gasteiger partial charge in [0.1, 0.15) is 0 Å². The molecule has 0 fully saturated rings. The van der Waals surface area contributed by atoms with Crippen molar-refractivity contribution < 1.29 is 5.11 Å². The van der Waals surface area contributed by atoms with Gasteiger partial charge in [-0.3, -0.25) is 0 Å². The van der Waals surface area contributed by atoms with Crippen LogP contribution in [0.15, 0.2) is 46.9 Å². The number of rotatable bonds is 4. The summed E-state index contributed by atoms with van der Waals surface area (Å²) in [6.45, 7) is 4.18. The number of halogens is 1. The Balaban J connectivity index is 2.07. The van der Waals surface area contributed by atoms with Gasteiger partial charge < -0.3 is 5.11 Å². The number of benzene rings is 2. The number of aliphatic hydroxyl groups is 1. The zero-order valence-corrected chi connectivity index (χ0v) is 12.9. The van der Waals surface area contributed by atoms with Crippen molar-refractivity contribution in [3.63, 3.8) is 0 Å². The van der Waals surface area contributed by atoms with E-state index < -0.39 is 0 Å². The molecular weight excluding hydrogens is 300 g/mol. The molecule has 19 heavy (non-hydrogen) atoms. The molecule has 2 aromatic rings. The standard InChI is InChI=1S/C17H19BrO/c1-12-7-8-13(2)15(9-12)11-16(19)10-14-5-3-4-6-17(14)18/h3-9,16,19H,10-11H2,1-2H3. The summed E-state index contributed by atoms with van der Waals surface area (Å²) < 4.78 is 1.06. The molecule has 0 aliphatic rings. The predicted octanol–water partition coefficient (Wildman–Crippen LogP) is 4.21. The Bertz CT molecular complexity index is 563. The summed E-state index contributed by atoms with van der Waals surface area (Å²) in [5.74, 6) is 0. The van der Waals surface area contributed by atoms with E-state index in [0.717, 1.165) is 10.0 Å². The fourth-order valence-corrected chi connectivity index (χ4v) is 2.71. The summed E-state index contributed by atoms with van der Waals surface area (Å²) in [4.78, 5) is 0. The molecule has 0 aromatic heterocycles. The number of hydrogen-bond donors (Lipinski definition) is 1. The second kappa shape index (κ2) is 6.36. The topological polar surface area (TPSA) is 20.2 Å². The molecule has 0 saturated heterocycles. The molecule has 0 saturated carbocycles. The molecule has 1 atom stereocenters. The summed E-state index contributed by atoms with van der Waals surface area (Å²) in [6, 6.07) is 14.5. The van der Waals surface area contributed by atoms with Crippen molar-refractivity contribution in [3.05, 3.63) is 69.2 Å². The van der Waals surface area contributed by atoms with Gasteiger partial charge in [-0.1, -0.05) is 57.9 Å². The van der Waals surface area contributed by atoms with E-state index in [-0.39, 0.29) is 6.10 Å². The van der Waals surface area contributed by atoms with E-state index in [4.69, 9.17) is 0 Å². The SMILES string of the molecule is Cc1ccc(C)c(CC(O)Cc2ccccc2Br)c1. The third-order valence-electron chi connectivity index (χ3n) is 3.37. The maximum atomic E-state index is 10.3. The molecule has 1 unspecified atom stereocenters. The van der Waals surface area contributed by atoms with Crippen LogP contribution in [0, 0.1) is 13.8 Å². The number of hydrogen-bond acceptors (Lipinski definition) is 1. The lowest BCUT2D eigenvalue weighted by atomic mass is 9.97. The van der Waals surface area contributed by atoms with Crippen molar-refractivity contribution in [3.8, 4) is 0 Å². The average Bonchev–Trinajstić information content (AvgIpc) is 2.37. The van der Waals surface area contributed by atoms with Crippen LogP contribution >= 0.6 is 15.9 Å². The number of aryl methyl sites for hydroxylation is 2. The highest BCUT2D eigenvalue weighted by Crippen LogP contribution is 2.20. The monoisotopic (exact) mass is 318 g/mol. The van der Waals surface area contributed by atoms with Crippen LogP contribution in [-0.2, 0) is 12.8 Å². The van der Waals surface area contributed by atoms with E-state index in [1.807, 2.05) is 18.2 Å². The van der Waals surface area contributed by atoms with Crippen LogP contribution < -0.4 is 0 Å². The third-order valence-corrected chi connectivity index (χ3v) is 4.15. The number of aliphatic hydroxyl groups excluding tert-OH is 1. The molecular formula is C17H19BrO. The Labute approximate surface area is 123 Å². The van der Waals surface area contributed by atoms with E-state index in [0.29, 0.717) is 12.8 Å². The molecule has 0 radical (unpaired) electrons. The fourth-order valence-electron chi connectivity index (χ4n) is 2.26. The summed E-state index contributed by atoms with van der Waals surface area (Å²) in [5.41, 5.74) is 4.88. The van der Waals surface area contributed by atoms with Gasteiger partial charge in [0, 0.05) is 4.47 Å². The van der Waals surface area contributed by atoms with Crippen molar-refractivity contribution in [1.82, 2.24) is 0 Å². The van der Waals surface area contributed by atoms with Gasteiger partial charge in [0.25, 0.3) is 0 Å². The lowest BCUT2D eigenvalue weighted by molar-refractivity contribution is 0.175. The lowest BCUT2D eigenvalue weighted by Gasteiger charge is -2.14. The summed E-state index contributed by atoms with van der Waals surface area (Å²) >= 11 is 3.53. The van der Waals surface area contributed by atoms with Crippen molar-refractivity contribution in [1.29, 1.82) is 0 Å². The molecule has 0 aliphatic carbocycles. The van der Waals surface area contributed by atoms with Crippen molar-refractivity contribution in [2.75, 3.05) is 0 Å². The molecule has 0 spiro atoms. The molecule has 0 heterocycles. The smallest absolute Gasteiger partial charge is 0.0621 e. The molecule has 100 valence electrons. The normalized spacial score (nSPS) is 12.4. The van der Waals surface area contributed by atoms with Crippen LogP contribution in [-0.4, -0.2) is 11.2 Å². The lowest BCUT2D eigenvalue weighted by Crippen LogP contribution is -2.15. The maximum absolute atomic E-state index is 10.3. The Kier molecular flexibility index (Phi) is 4.78. The Hall–Kier alpha value is -1.12. The molecule has 1 nitrogen and oxygen atoms in total. The third kappa shape index (κ3) is 3.92. The van der Waals surface area contributed by atoms with Crippen molar-refractivity contribution in [2.45, 2.75) is 32.8 Å². The van der Waals surface area contributed by atoms with Gasteiger partial charge in [0.2, 0.25) is 0 Å². The fraction of sp³-hybridized carbons (Fsp3) is 0.294. The second-order valence-corrected chi connectivity index (χ2v) is 5.94. The summed E-state index contributed by atoms with van der Waals surface area (Å²) in [6.07, 6.45) is 1.03. The first kappa shape index (κ1) is 14.3. The quantitative estimate of drug-likeness (QED) is 0.895. The van der Waals surface area contributed by atoms with Gasteiger partial charge in [0.15, 0.2) is 0 Å². The van der Waals surface area contributed by atoms with Crippen LogP contribution in [0.3, 0.4) is 0 Å². The first-order valence-electron chi connectivity index (χ1n) is 6.54. The molecule has 2 heteroatoms. The van der Waals surface area contributed by atoms with Gasteiger partial charge in [-0.15, -0.1) is 0 Å². The summed E-state index contributed by atoms with van der Waals surface area (Å²) in [5, 5.41) is 10.3. The minimum absolute atomic E-state index is 0.348. The Morgan fingerprint density at radius 1 is 1.00 bits per heavy atom. The van der Waals surface area contributed by atoms with E-state index >= 15 is 0 Å². The molecule has 0 amide bonds. The first-order valence-corrected chi connectivity index (χ1v) is 7.33. The highest BCUT2D eigenvalue weighted by Gasteiger charge is 2.10. The Morgan fingerprint density at radius 3 is 2.42 bits per heavy atom. The van der Waals surface area contributed by atoms with Crippen molar-refractivity contribution >= 4 is 15.9 Å². The zero-order chi connectivity index (χ0) is 13.8. The highest BCUT2D eigenvalue weighted by molar-refractivity contribution is 9.10. The molecule has 0 bridgehead atoms. The molecule has 2 rings (SSSR count). The minimum Gasteiger partial charge on any atom is -0.392 e. The van der Waals surface area contributed by atoms with E-state index in [9.17, 15) is 5.11 Å². The molecule has 2 aromatic carbocycles. The van der Waals surface area contributed by atoms with Crippen LogP contribution in [0.25, 0.3) is 0 Å². The zero-order valence-electron chi connectivity index (χ0n) is 11.4. The predicted molar refractivity (Wildman–Crippen MR) is 83.5 cm³/mol. The van der Waals surface area contributed by atoms with Crippen LogP contribution in [0.1, 0.15) is 22.3 Å². The van der Waals surface area contributed by atoms with Gasteiger partial charge in [-0.05, 0) is 49.4 Å². The van der Waals surface area contributed by atoms with Crippen molar-refractivity contribution in [2.24, 2.45) is 0 Å². The average molecular weight is 319 g/mol. The van der Waals surface area contributed by atoms with Gasteiger partial charge >= 0.3 is 0 Å².